The summed E-state index contributed by atoms with van der Waals surface area (Å²) in [5.74, 6) is 0.721. The second kappa shape index (κ2) is 5.64. The van der Waals surface area contributed by atoms with Gasteiger partial charge in [-0.3, -0.25) is 4.84 Å². The molecule has 0 atom stereocenters. The van der Waals surface area contributed by atoms with E-state index in [0.717, 1.165) is 11.3 Å². The highest BCUT2D eigenvalue weighted by molar-refractivity contribution is 5.80. The molecule has 0 aliphatic carbocycles. The molecule has 1 aromatic carbocycles. The molecule has 0 radical (unpaired) electrons. The van der Waals surface area contributed by atoms with Crippen molar-refractivity contribution in [1.82, 2.24) is 5.32 Å². The summed E-state index contributed by atoms with van der Waals surface area (Å²) >= 11 is 0. The summed E-state index contributed by atoms with van der Waals surface area (Å²) in [5.41, 5.74) is 0.790. The number of oxime groups is 1. The molecular weight excluding hydrogens is 196 g/mol. The topological polar surface area (TPSA) is 59.9 Å². The van der Waals surface area contributed by atoms with E-state index in [1.165, 1.54) is 13.3 Å². The molecule has 0 aromatic heterocycles. The van der Waals surface area contributed by atoms with Crippen molar-refractivity contribution < 1.29 is 14.4 Å². The van der Waals surface area contributed by atoms with Crippen LogP contribution in [0.2, 0.25) is 0 Å². The van der Waals surface area contributed by atoms with Crippen LogP contribution >= 0.6 is 0 Å². The molecule has 0 saturated carbocycles. The fourth-order valence-electron chi connectivity index (χ4n) is 0.903. The minimum atomic E-state index is -0.603. The Hall–Kier alpha value is -2.04. The molecule has 5 heteroatoms. The number of carbonyl (C=O) groups is 1. The van der Waals surface area contributed by atoms with E-state index in [9.17, 15) is 4.79 Å². The summed E-state index contributed by atoms with van der Waals surface area (Å²) < 4.78 is 5.02. The third-order valence-electron chi connectivity index (χ3n) is 1.64. The fourth-order valence-corrected chi connectivity index (χ4v) is 0.903. The third-order valence-corrected chi connectivity index (χ3v) is 1.64. The van der Waals surface area contributed by atoms with E-state index < -0.39 is 6.09 Å². The Morgan fingerprint density at radius 2 is 2.33 bits per heavy atom. The highest BCUT2D eigenvalue weighted by Crippen LogP contribution is 2.10. The number of ether oxygens (including phenoxy) is 1. The maximum Gasteiger partial charge on any atom is 0.433 e. The average Bonchev–Trinajstić information content (AvgIpc) is 2.29. The number of carbonyl (C=O) groups excluding carboxylic acids is 1. The molecule has 0 unspecified atom stereocenters. The predicted octanol–water partition coefficient (Wildman–Crippen LogP) is 1.39. The summed E-state index contributed by atoms with van der Waals surface area (Å²) in [6, 6.07) is 7.23. The van der Waals surface area contributed by atoms with E-state index in [0.29, 0.717) is 0 Å². The van der Waals surface area contributed by atoms with Gasteiger partial charge in [0, 0.05) is 7.05 Å². The molecule has 1 aromatic rings. The van der Waals surface area contributed by atoms with Gasteiger partial charge in [-0.05, 0) is 17.7 Å². The van der Waals surface area contributed by atoms with Crippen LogP contribution in [0.25, 0.3) is 0 Å². The van der Waals surface area contributed by atoms with Crippen LogP contribution in [-0.4, -0.2) is 26.5 Å². The summed E-state index contributed by atoms with van der Waals surface area (Å²) in [6.45, 7) is 0. The normalized spacial score (nSPS) is 10.0. The van der Waals surface area contributed by atoms with Crippen LogP contribution < -0.4 is 10.1 Å². The first-order valence-electron chi connectivity index (χ1n) is 4.32. The molecule has 80 valence electrons. The number of nitrogens with zero attached hydrogens (tertiary/aromatic N) is 1. The van der Waals surface area contributed by atoms with Crippen molar-refractivity contribution in [3.63, 3.8) is 0 Å². The molecule has 0 aliphatic heterocycles. The van der Waals surface area contributed by atoms with E-state index in [1.807, 2.05) is 18.2 Å². The van der Waals surface area contributed by atoms with Crippen molar-refractivity contribution in [2.45, 2.75) is 0 Å². The van der Waals surface area contributed by atoms with Crippen molar-refractivity contribution in [3.8, 4) is 5.75 Å². The van der Waals surface area contributed by atoms with E-state index >= 15 is 0 Å². The second-order valence-electron chi connectivity index (χ2n) is 2.64. The first-order valence-corrected chi connectivity index (χ1v) is 4.32. The van der Waals surface area contributed by atoms with Crippen molar-refractivity contribution in [3.05, 3.63) is 29.8 Å². The molecule has 0 saturated heterocycles. The van der Waals surface area contributed by atoms with Crippen LogP contribution in [-0.2, 0) is 4.84 Å². The van der Waals surface area contributed by atoms with Gasteiger partial charge in [0.25, 0.3) is 0 Å². The Morgan fingerprint density at radius 3 is 3.00 bits per heavy atom. The SMILES string of the molecule is CNC(=O)O/N=C/c1cccc(OC)c1. The smallest absolute Gasteiger partial charge is 0.433 e. The van der Waals surface area contributed by atoms with Gasteiger partial charge in [0.15, 0.2) is 0 Å². The molecule has 0 heterocycles. The van der Waals surface area contributed by atoms with Crippen LogP contribution in [0, 0.1) is 0 Å². The maximum atomic E-state index is 10.7. The van der Waals surface area contributed by atoms with Crippen molar-refractivity contribution in [2.75, 3.05) is 14.2 Å². The first kappa shape index (κ1) is 11.0. The number of methoxy groups -OCH3 is 1. The average molecular weight is 208 g/mol. The number of amides is 1. The van der Waals surface area contributed by atoms with E-state index in [-0.39, 0.29) is 0 Å². The van der Waals surface area contributed by atoms with Crippen LogP contribution in [0.4, 0.5) is 4.79 Å². The standard InChI is InChI=1S/C10H12N2O3/c1-11-10(13)15-12-7-8-4-3-5-9(6-8)14-2/h3-7H,1-2H3,(H,11,13)/b12-7+. The van der Waals surface area contributed by atoms with Crippen molar-refractivity contribution in [2.24, 2.45) is 5.16 Å². The van der Waals surface area contributed by atoms with Gasteiger partial charge in [0.1, 0.15) is 5.75 Å². The monoisotopic (exact) mass is 208 g/mol. The maximum absolute atomic E-state index is 10.7. The summed E-state index contributed by atoms with van der Waals surface area (Å²) in [6.07, 6.45) is 0.826. The lowest BCUT2D eigenvalue weighted by molar-refractivity contribution is 0.154. The number of nitrogens with one attached hydrogen (secondary N) is 1. The molecule has 1 N–H and O–H groups in total. The Morgan fingerprint density at radius 1 is 1.53 bits per heavy atom. The minimum Gasteiger partial charge on any atom is -0.497 e. The lowest BCUT2D eigenvalue weighted by atomic mass is 10.2. The Bertz CT molecular complexity index is 363. The van der Waals surface area contributed by atoms with Gasteiger partial charge in [0.05, 0.1) is 13.3 Å². The number of hydrogen-bond donors (Lipinski definition) is 1. The predicted molar refractivity (Wildman–Crippen MR) is 56.1 cm³/mol. The summed E-state index contributed by atoms with van der Waals surface area (Å²) in [4.78, 5) is 15.1. The number of hydrogen-bond acceptors (Lipinski definition) is 4. The zero-order valence-corrected chi connectivity index (χ0v) is 8.56. The van der Waals surface area contributed by atoms with Crippen molar-refractivity contribution >= 4 is 12.3 Å². The molecule has 0 aliphatic rings. The largest absolute Gasteiger partial charge is 0.497 e. The minimum absolute atomic E-state index is 0.603. The second-order valence-corrected chi connectivity index (χ2v) is 2.64. The third kappa shape index (κ3) is 3.68. The van der Waals surface area contributed by atoms with Crippen LogP contribution in [0.3, 0.4) is 0 Å². The zero-order chi connectivity index (χ0) is 11.1. The van der Waals surface area contributed by atoms with Gasteiger partial charge in [-0.1, -0.05) is 17.3 Å². The Kier molecular flexibility index (Phi) is 4.15. The fraction of sp³-hybridized carbons (Fsp3) is 0.200. The molecule has 0 spiro atoms. The lowest BCUT2D eigenvalue weighted by Crippen LogP contribution is -2.16. The number of rotatable bonds is 3. The molecule has 0 bridgehead atoms. The first-order chi connectivity index (χ1) is 7.26. The molecule has 0 fully saturated rings. The van der Waals surface area contributed by atoms with Gasteiger partial charge < -0.3 is 10.1 Å². The van der Waals surface area contributed by atoms with Gasteiger partial charge in [-0.15, -0.1) is 0 Å². The van der Waals surface area contributed by atoms with E-state index in [1.54, 1.807) is 13.2 Å². The zero-order valence-electron chi connectivity index (χ0n) is 8.56. The Labute approximate surface area is 87.7 Å². The number of benzene rings is 1. The molecule has 5 nitrogen and oxygen atoms in total. The molecule has 1 rings (SSSR count). The highest BCUT2D eigenvalue weighted by Gasteiger charge is 1.95. The molecular formula is C10H12N2O3. The quantitative estimate of drug-likeness (QED) is 0.464. The van der Waals surface area contributed by atoms with Gasteiger partial charge in [-0.25, -0.2) is 4.79 Å². The molecule has 1 amide bonds. The Balaban J connectivity index is 2.59. The summed E-state index contributed by atoms with van der Waals surface area (Å²) in [7, 11) is 3.04. The molecule has 15 heavy (non-hydrogen) atoms. The van der Waals surface area contributed by atoms with Crippen LogP contribution in [0.1, 0.15) is 5.56 Å². The van der Waals surface area contributed by atoms with Crippen molar-refractivity contribution in [1.29, 1.82) is 0 Å². The highest BCUT2D eigenvalue weighted by atomic mass is 16.7. The summed E-state index contributed by atoms with van der Waals surface area (Å²) in [5, 5.41) is 5.77. The van der Waals surface area contributed by atoms with Gasteiger partial charge in [0.2, 0.25) is 0 Å². The van der Waals surface area contributed by atoms with E-state index in [4.69, 9.17) is 4.74 Å². The van der Waals surface area contributed by atoms with Gasteiger partial charge >= 0.3 is 6.09 Å². The van der Waals surface area contributed by atoms with E-state index in [2.05, 4.69) is 15.3 Å². The van der Waals surface area contributed by atoms with Gasteiger partial charge in [-0.2, -0.15) is 0 Å². The lowest BCUT2D eigenvalue weighted by Gasteiger charge is -1.99. The van der Waals surface area contributed by atoms with Crippen LogP contribution in [0.5, 0.6) is 5.75 Å². The van der Waals surface area contributed by atoms with Crippen LogP contribution in [0.15, 0.2) is 29.4 Å².